The Morgan fingerprint density at radius 1 is 1.20 bits per heavy atom. The van der Waals surface area contributed by atoms with Gasteiger partial charge in [0, 0.05) is 17.1 Å². The van der Waals surface area contributed by atoms with Crippen molar-refractivity contribution >= 4 is 27.9 Å². The molecule has 5 nitrogen and oxygen atoms in total. The van der Waals surface area contributed by atoms with Gasteiger partial charge in [-0.2, -0.15) is 0 Å². The van der Waals surface area contributed by atoms with Crippen molar-refractivity contribution in [3.05, 3.63) is 34.3 Å². The molecule has 20 heavy (non-hydrogen) atoms. The Morgan fingerprint density at radius 2 is 1.80 bits per heavy atom. The third-order valence-electron chi connectivity index (χ3n) is 2.84. The number of carbonyl (C=O) groups is 2. The van der Waals surface area contributed by atoms with E-state index in [9.17, 15) is 9.59 Å². The van der Waals surface area contributed by atoms with Crippen molar-refractivity contribution in [2.75, 3.05) is 6.54 Å². The van der Waals surface area contributed by atoms with Gasteiger partial charge in [-0.3, -0.25) is 15.4 Å². The van der Waals surface area contributed by atoms with Crippen molar-refractivity contribution in [3.63, 3.8) is 0 Å². The maximum atomic E-state index is 11.8. The second-order valence-corrected chi connectivity index (χ2v) is 5.43. The largest absolute Gasteiger partial charge is 0.338 e. The van der Waals surface area contributed by atoms with Crippen LogP contribution in [0.5, 0.6) is 0 Å². The van der Waals surface area contributed by atoms with Gasteiger partial charge in [0.2, 0.25) is 5.91 Å². The van der Waals surface area contributed by atoms with Crippen LogP contribution < -0.4 is 16.0 Å². The number of hydrogen-bond donors (Lipinski definition) is 3. The molecule has 0 aromatic heterocycles. The third kappa shape index (κ3) is 5.30. The van der Waals surface area contributed by atoms with Crippen LogP contribution in [0.4, 0.5) is 4.79 Å². The zero-order valence-corrected chi connectivity index (χ0v) is 13.5. The molecule has 2 unspecified atom stereocenters. The molecule has 0 saturated carbocycles. The Morgan fingerprint density at radius 3 is 2.35 bits per heavy atom. The van der Waals surface area contributed by atoms with E-state index in [0.717, 1.165) is 10.0 Å². The number of imide groups is 1. The third-order valence-corrected chi connectivity index (χ3v) is 3.37. The van der Waals surface area contributed by atoms with Crippen LogP contribution in [0.25, 0.3) is 0 Å². The molecule has 110 valence electrons. The van der Waals surface area contributed by atoms with Gasteiger partial charge in [0.1, 0.15) is 0 Å². The van der Waals surface area contributed by atoms with Crippen LogP contribution in [0, 0.1) is 0 Å². The molecule has 0 spiro atoms. The maximum Gasteiger partial charge on any atom is 0.321 e. The number of halogens is 1. The first-order valence-corrected chi connectivity index (χ1v) is 7.33. The molecule has 6 heteroatoms. The molecule has 0 saturated heterocycles. The summed E-state index contributed by atoms with van der Waals surface area (Å²) in [4.78, 5) is 23.1. The van der Waals surface area contributed by atoms with Crippen molar-refractivity contribution in [3.8, 4) is 0 Å². The van der Waals surface area contributed by atoms with Crippen molar-refractivity contribution in [2.24, 2.45) is 0 Å². The fourth-order valence-corrected chi connectivity index (χ4v) is 1.99. The van der Waals surface area contributed by atoms with Crippen molar-refractivity contribution < 1.29 is 9.59 Å². The first-order chi connectivity index (χ1) is 9.43. The number of urea groups is 1. The van der Waals surface area contributed by atoms with E-state index >= 15 is 0 Å². The van der Waals surface area contributed by atoms with E-state index in [1.165, 1.54) is 0 Å². The molecule has 3 amide bonds. The van der Waals surface area contributed by atoms with Crippen LogP contribution in [-0.4, -0.2) is 24.5 Å². The standard InChI is InChI=1S/C14H20BrN3O2/c1-4-16-14(20)18-13(19)10(3)17-9(2)11-5-7-12(15)8-6-11/h5-10,17H,4H2,1-3H3,(H2,16,18,19,20). The average molecular weight is 342 g/mol. The van der Waals surface area contributed by atoms with Crippen LogP contribution in [0.2, 0.25) is 0 Å². The lowest BCUT2D eigenvalue weighted by Crippen LogP contribution is -2.48. The SMILES string of the molecule is CCNC(=O)NC(=O)C(C)NC(C)c1ccc(Br)cc1. The minimum atomic E-state index is -0.470. The summed E-state index contributed by atoms with van der Waals surface area (Å²) in [6, 6.07) is 6.95. The van der Waals surface area contributed by atoms with Gasteiger partial charge >= 0.3 is 6.03 Å². The Labute approximate surface area is 127 Å². The molecule has 0 aliphatic carbocycles. The minimum absolute atomic E-state index is 0.0121. The van der Waals surface area contributed by atoms with E-state index in [-0.39, 0.29) is 11.9 Å². The van der Waals surface area contributed by atoms with Gasteiger partial charge in [0.15, 0.2) is 0 Å². The smallest absolute Gasteiger partial charge is 0.321 e. The zero-order chi connectivity index (χ0) is 15.1. The van der Waals surface area contributed by atoms with E-state index in [4.69, 9.17) is 0 Å². The number of amides is 3. The Bertz CT molecular complexity index is 462. The second kappa shape index (κ2) is 8.01. The lowest BCUT2D eigenvalue weighted by atomic mass is 10.1. The van der Waals surface area contributed by atoms with Crippen LogP contribution >= 0.6 is 15.9 Å². The Hall–Kier alpha value is -1.40. The summed E-state index contributed by atoms with van der Waals surface area (Å²) in [5.41, 5.74) is 1.07. The summed E-state index contributed by atoms with van der Waals surface area (Å²) in [6.45, 7) is 5.97. The normalized spacial score (nSPS) is 13.4. The van der Waals surface area contributed by atoms with Crippen LogP contribution in [0.3, 0.4) is 0 Å². The first-order valence-electron chi connectivity index (χ1n) is 6.54. The van der Waals surface area contributed by atoms with Crippen LogP contribution in [0.1, 0.15) is 32.4 Å². The van der Waals surface area contributed by atoms with E-state index < -0.39 is 12.1 Å². The van der Waals surface area contributed by atoms with Gasteiger partial charge in [0.05, 0.1) is 6.04 Å². The van der Waals surface area contributed by atoms with Gasteiger partial charge in [0.25, 0.3) is 0 Å². The fourth-order valence-electron chi connectivity index (χ4n) is 1.72. The van der Waals surface area contributed by atoms with E-state index in [0.29, 0.717) is 6.54 Å². The monoisotopic (exact) mass is 341 g/mol. The summed E-state index contributed by atoms with van der Waals surface area (Å²) >= 11 is 3.38. The highest BCUT2D eigenvalue weighted by Crippen LogP contribution is 2.16. The predicted octanol–water partition coefficient (Wildman–Crippen LogP) is 2.33. The summed E-state index contributed by atoms with van der Waals surface area (Å²) < 4.78 is 1.01. The van der Waals surface area contributed by atoms with E-state index in [2.05, 4.69) is 31.9 Å². The number of rotatable bonds is 5. The zero-order valence-electron chi connectivity index (χ0n) is 11.9. The van der Waals surface area contributed by atoms with Gasteiger partial charge in [-0.1, -0.05) is 28.1 Å². The quantitative estimate of drug-likeness (QED) is 0.769. The second-order valence-electron chi connectivity index (χ2n) is 4.51. The molecule has 0 bridgehead atoms. The highest BCUT2D eigenvalue weighted by molar-refractivity contribution is 9.10. The molecule has 1 aromatic carbocycles. The van der Waals surface area contributed by atoms with Gasteiger partial charge < -0.3 is 5.32 Å². The molecule has 0 radical (unpaired) electrons. The predicted molar refractivity (Wildman–Crippen MR) is 82.4 cm³/mol. The average Bonchev–Trinajstić information content (AvgIpc) is 2.39. The maximum absolute atomic E-state index is 11.8. The summed E-state index contributed by atoms with van der Waals surface area (Å²) in [7, 11) is 0. The lowest BCUT2D eigenvalue weighted by molar-refractivity contribution is -0.121. The first kappa shape index (κ1) is 16.7. The lowest BCUT2D eigenvalue weighted by Gasteiger charge is -2.19. The molecular formula is C14H20BrN3O2. The minimum Gasteiger partial charge on any atom is -0.338 e. The summed E-state index contributed by atoms with van der Waals surface area (Å²) in [5, 5.41) is 7.96. The molecule has 1 aromatic rings. The Balaban J connectivity index is 2.52. The molecule has 2 atom stereocenters. The van der Waals surface area contributed by atoms with Gasteiger partial charge in [-0.15, -0.1) is 0 Å². The molecule has 0 heterocycles. The topological polar surface area (TPSA) is 70.2 Å². The van der Waals surface area contributed by atoms with Gasteiger partial charge in [-0.25, -0.2) is 4.79 Å². The Kier molecular flexibility index (Phi) is 6.67. The van der Waals surface area contributed by atoms with E-state index in [1.54, 1.807) is 13.8 Å². The number of benzene rings is 1. The van der Waals surface area contributed by atoms with Crippen molar-refractivity contribution in [1.29, 1.82) is 0 Å². The molecule has 0 aliphatic rings. The number of carbonyl (C=O) groups excluding carboxylic acids is 2. The van der Waals surface area contributed by atoms with Crippen molar-refractivity contribution in [2.45, 2.75) is 32.9 Å². The molecular weight excluding hydrogens is 322 g/mol. The van der Waals surface area contributed by atoms with E-state index in [1.807, 2.05) is 31.2 Å². The van der Waals surface area contributed by atoms with Crippen LogP contribution in [-0.2, 0) is 4.79 Å². The summed E-state index contributed by atoms with van der Waals surface area (Å²) in [5.74, 6) is -0.347. The molecule has 0 aliphatic heterocycles. The van der Waals surface area contributed by atoms with Gasteiger partial charge in [-0.05, 0) is 38.5 Å². The number of hydrogen-bond acceptors (Lipinski definition) is 3. The highest BCUT2D eigenvalue weighted by atomic mass is 79.9. The molecule has 3 N–H and O–H groups in total. The number of nitrogens with one attached hydrogen (secondary N) is 3. The van der Waals surface area contributed by atoms with Crippen molar-refractivity contribution in [1.82, 2.24) is 16.0 Å². The highest BCUT2D eigenvalue weighted by Gasteiger charge is 2.17. The summed E-state index contributed by atoms with van der Waals surface area (Å²) in [6.07, 6.45) is 0. The molecule has 0 fully saturated rings. The fraction of sp³-hybridized carbons (Fsp3) is 0.429. The molecule has 1 rings (SSSR count). The van der Waals surface area contributed by atoms with Crippen LogP contribution in [0.15, 0.2) is 28.7 Å².